The van der Waals surface area contributed by atoms with E-state index in [2.05, 4.69) is 5.32 Å². The maximum Gasteiger partial charge on any atom is 0.239 e. The first kappa shape index (κ1) is 8.49. The Labute approximate surface area is 58.2 Å². The van der Waals surface area contributed by atoms with Crippen LogP contribution in [0.2, 0.25) is 0 Å². The van der Waals surface area contributed by atoms with Gasteiger partial charge in [0.1, 0.15) is 0 Å². The van der Waals surface area contributed by atoms with Gasteiger partial charge in [-0.1, -0.05) is 0 Å². The monoisotopic (exact) mass is 147 g/mol. The Balaban J connectivity index is 3.58. The summed E-state index contributed by atoms with van der Waals surface area (Å²) in [5.74, 6) is -0.238. The number of rotatable bonds is 3. The predicted molar refractivity (Wildman–Crippen MR) is 37.2 cm³/mol. The molecule has 0 heterocycles. The van der Waals surface area contributed by atoms with Gasteiger partial charge in [-0.05, 0) is 13.2 Å². The zero-order chi connectivity index (χ0) is 7.28. The average molecular weight is 147 g/mol. The van der Waals surface area contributed by atoms with E-state index in [0.717, 1.165) is 0 Å². The van der Waals surface area contributed by atoms with Crippen molar-refractivity contribution in [3.63, 3.8) is 0 Å². The topological polar surface area (TPSA) is 46.2 Å². The molecule has 4 heteroatoms. The van der Waals surface area contributed by atoms with E-state index in [4.69, 9.17) is 0 Å². The Hall–Kier alpha value is -0.510. The minimum Gasteiger partial charge on any atom is -0.298 e. The molecule has 0 saturated heterocycles. The van der Waals surface area contributed by atoms with Crippen LogP contribution in [0.3, 0.4) is 0 Å². The molecule has 0 radical (unpaired) electrons. The second-order valence-corrected chi connectivity index (χ2v) is 2.68. The van der Waals surface area contributed by atoms with E-state index in [0.29, 0.717) is 6.41 Å². The van der Waals surface area contributed by atoms with E-state index in [1.54, 1.807) is 6.92 Å². The summed E-state index contributed by atoms with van der Waals surface area (Å²) in [6.07, 6.45) is 2.21. The third-order valence-electron chi connectivity index (χ3n) is 0.924. The molecule has 0 aliphatic carbocycles. The van der Waals surface area contributed by atoms with Gasteiger partial charge in [0.25, 0.3) is 0 Å². The van der Waals surface area contributed by atoms with Crippen molar-refractivity contribution < 1.29 is 9.59 Å². The Morgan fingerprint density at radius 3 is 2.67 bits per heavy atom. The predicted octanol–water partition coefficient (Wildman–Crippen LogP) is 0.0105. The SMILES string of the molecule is CSC(C)C(=O)NC=O. The summed E-state index contributed by atoms with van der Waals surface area (Å²) in [6, 6.07) is 0. The smallest absolute Gasteiger partial charge is 0.239 e. The lowest BCUT2D eigenvalue weighted by Gasteiger charge is -2.02. The van der Waals surface area contributed by atoms with Gasteiger partial charge in [0.05, 0.1) is 5.25 Å². The minimum absolute atomic E-state index is 0.143. The minimum atomic E-state index is -0.238. The van der Waals surface area contributed by atoms with E-state index in [9.17, 15) is 9.59 Å². The summed E-state index contributed by atoms with van der Waals surface area (Å²) in [6.45, 7) is 1.74. The van der Waals surface area contributed by atoms with Crippen LogP contribution in [-0.2, 0) is 9.59 Å². The zero-order valence-electron chi connectivity index (χ0n) is 5.38. The number of carbonyl (C=O) groups is 2. The number of carbonyl (C=O) groups excluding carboxylic acids is 2. The molecule has 1 N–H and O–H groups in total. The van der Waals surface area contributed by atoms with Gasteiger partial charge in [0.15, 0.2) is 0 Å². The number of hydrogen-bond acceptors (Lipinski definition) is 3. The lowest BCUT2D eigenvalue weighted by Crippen LogP contribution is -2.29. The van der Waals surface area contributed by atoms with Gasteiger partial charge in [-0.3, -0.25) is 14.9 Å². The van der Waals surface area contributed by atoms with Gasteiger partial charge >= 0.3 is 0 Å². The molecule has 0 rings (SSSR count). The first-order valence-corrected chi connectivity index (χ1v) is 3.78. The Kier molecular flexibility index (Phi) is 4.13. The van der Waals surface area contributed by atoms with Gasteiger partial charge in [-0.25, -0.2) is 0 Å². The summed E-state index contributed by atoms with van der Waals surface area (Å²) < 4.78 is 0. The van der Waals surface area contributed by atoms with Gasteiger partial charge in [0, 0.05) is 0 Å². The lowest BCUT2D eigenvalue weighted by molar-refractivity contribution is -0.124. The molecule has 3 nitrogen and oxygen atoms in total. The second kappa shape index (κ2) is 4.38. The van der Waals surface area contributed by atoms with Crippen molar-refractivity contribution >= 4 is 24.1 Å². The first-order valence-electron chi connectivity index (χ1n) is 2.49. The fourth-order valence-corrected chi connectivity index (χ4v) is 0.565. The second-order valence-electron chi connectivity index (χ2n) is 1.50. The van der Waals surface area contributed by atoms with Gasteiger partial charge in [-0.15, -0.1) is 0 Å². The molecule has 9 heavy (non-hydrogen) atoms. The fourth-order valence-electron chi connectivity index (χ4n) is 0.282. The standard InChI is InChI=1S/C5H9NO2S/c1-4(9-2)5(8)6-3-7/h3-4H,1-2H3,(H,6,7,8). The van der Waals surface area contributed by atoms with Crippen LogP contribution in [-0.4, -0.2) is 23.8 Å². The van der Waals surface area contributed by atoms with E-state index in [1.807, 2.05) is 6.26 Å². The molecule has 0 aliphatic heterocycles. The Morgan fingerprint density at radius 2 is 2.33 bits per heavy atom. The highest BCUT2D eigenvalue weighted by Gasteiger charge is 2.08. The molecular formula is C5H9NO2S. The van der Waals surface area contributed by atoms with Crippen LogP contribution in [0, 0.1) is 0 Å². The van der Waals surface area contributed by atoms with Crippen LogP contribution >= 0.6 is 11.8 Å². The highest BCUT2D eigenvalue weighted by molar-refractivity contribution is 7.99. The zero-order valence-corrected chi connectivity index (χ0v) is 6.20. The molecule has 1 unspecified atom stereocenters. The molecule has 0 aromatic heterocycles. The Bertz CT molecular complexity index is 116. The van der Waals surface area contributed by atoms with E-state index < -0.39 is 0 Å². The lowest BCUT2D eigenvalue weighted by atomic mass is 10.4. The first-order chi connectivity index (χ1) is 4.22. The molecular weight excluding hydrogens is 138 g/mol. The molecule has 0 saturated carbocycles. The number of amides is 2. The average Bonchev–Trinajstić information content (AvgIpc) is 1.87. The molecule has 52 valence electrons. The third-order valence-corrected chi connectivity index (χ3v) is 1.85. The van der Waals surface area contributed by atoms with Gasteiger partial charge < -0.3 is 0 Å². The van der Waals surface area contributed by atoms with Gasteiger partial charge in [0.2, 0.25) is 12.3 Å². The number of thioether (sulfide) groups is 1. The molecule has 0 spiro atoms. The molecule has 0 fully saturated rings. The van der Waals surface area contributed by atoms with Crippen molar-refractivity contribution in [2.75, 3.05) is 6.26 Å². The van der Waals surface area contributed by atoms with E-state index in [-0.39, 0.29) is 11.2 Å². The summed E-state index contributed by atoms with van der Waals surface area (Å²) >= 11 is 1.40. The highest BCUT2D eigenvalue weighted by atomic mass is 32.2. The normalized spacial score (nSPS) is 12.2. The highest BCUT2D eigenvalue weighted by Crippen LogP contribution is 2.03. The number of nitrogens with one attached hydrogen (secondary N) is 1. The summed E-state index contributed by atoms with van der Waals surface area (Å²) in [7, 11) is 0. The number of hydrogen-bond donors (Lipinski definition) is 1. The summed E-state index contributed by atoms with van der Waals surface area (Å²) in [4.78, 5) is 20.3. The van der Waals surface area contributed by atoms with Crippen molar-refractivity contribution in [3.05, 3.63) is 0 Å². The third kappa shape index (κ3) is 3.13. The summed E-state index contributed by atoms with van der Waals surface area (Å²) in [5.41, 5.74) is 0. The maximum atomic E-state index is 10.6. The van der Waals surface area contributed by atoms with Crippen molar-refractivity contribution in [2.45, 2.75) is 12.2 Å². The molecule has 0 aromatic carbocycles. The van der Waals surface area contributed by atoms with Crippen molar-refractivity contribution in [1.82, 2.24) is 5.32 Å². The van der Waals surface area contributed by atoms with E-state index in [1.165, 1.54) is 11.8 Å². The molecule has 0 aliphatic rings. The van der Waals surface area contributed by atoms with E-state index >= 15 is 0 Å². The fraction of sp³-hybridized carbons (Fsp3) is 0.600. The maximum absolute atomic E-state index is 10.6. The molecule has 0 bridgehead atoms. The van der Waals surface area contributed by atoms with Crippen LogP contribution in [0.15, 0.2) is 0 Å². The van der Waals surface area contributed by atoms with Crippen molar-refractivity contribution in [1.29, 1.82) is 0 Å². The van der Waals surface area contributed by atoms with Gasteiger partial charge in [-0.2, -0.15) is 11.8 Å². The van der Waals surface area contributed by atoms with Crippen LogP contribution in [0.1, 0.15) is 6.92 Å². The Morgan fingerprint density at radius 1 is 1.78 bits per heavy atom. The molecule has 0 aromatic rings. The molecule has 1 atom stereocenters. The molecule has 2 amide bonds. The van der Waals surface area contributed by atoms with Crippen LogP contribution in [0.25, 0.3) is 0 Å². The van der Waals surface area contributed by atoms with Crippen molar-refractivity contribution in [3.8, 4) is 0 Å². The van der Waals surface area contributed by atoms with Crippen LogP contribution in [0.4, 0.5) is 0 Å². The largest absolute Gasteiger partial charge is 0.298 e. The number of imide groups is 1. The van der Waals surface area contributed by atoms with Crippen LogP contribution in [0.5, 0.6) is 0 Å². The quantitative estimate of drug-likeness (QED) is 0.572. The summed E-state index contributed by atoms with van der Waals surface area (Å²) in [5, 5.41) is 1.91. The van der Waals surface area contributed by atoms with Crippen molar-refractivity contribution in [2.24, 2.45) is 0 Å². The van der Waals surface area contributed by atoms with Crippen LogP contribution < -0.4 is 5.32 Å².